The lowest BCUT2D eigenvalue weighted by Crippen LogP contribution is -2.49. The number of amides is 1. The number of halogens is 2. The fraction of sp³-hybridized carbons (Fsp3) is 0.300. The lowest BCUT2D eigenvalue weighted by atomic mass is 10.2. The number of carbonyl (C=O) groups excluding carboxylic acids is 1. The topological polar surface area (TPSA) is 74.2 Å². The molecule has 2 aromatic heterocycles. The van der Waals surface area contributed by atoms with Gasteiger partial charge >= 0.3 is 0 Å². The van der Waals surface area contributed by atoms with Crippen LogP contribution in [0.3, 0.4) is 0 Å². The first-order chi connectivity index (χ1) is 14.4. The molecule has 0 radical (unpaired) electrons. The molecule has 7 nitrogen and oxygen atoms in total. The van der Waals surface area contributed by atoms with Crippen molar-refractivity contribution >= 4 is 57.2 Å². The molecule has 1 N–H and O–H groups in total. The van der Waals surface area contributed by atoms with E-state index in [0.29, 0.717) is 53.0 Å². The zero-order chi connectivity index (χ0) is 21.3. The Balaban J connectivity index is 1.39. The Bertz CT molecular complexity index is 1060. The van der Waals surface area contributed by atoms with Gasteiger partial charge in [0.05, 0.1) is 15.7 Å². The van der Waals surface area contributed by atoms with Crippen LogP contribution in [0.5, 0.6) is 0 Å². The number of hydrogen-bond acceptors (Lipinski definition) is 7. The smallest absolute Gasteiger partial charge is 0.273 e. The highest BCUT2D eigenvalue weighted by Crippen LogP contribution is 2.33. The van der Waals surface area contributed by atoms with Gasteiger partial charge in [0, 0.05) is 42.9 Å². The molecule has 3 heterocycles. The molecule has 10 heteroatoms. The maximum absolute atomic E-state index is 12.9. The zero-order valence-corrected chi connectivity index (χ0v) is 18.9. The molecule has 1 fully saturated rings. The van der Waals surface area contributed by atoms with Crippen LogP contribution in [0.2, 0.25) is 10.0 Å². The first-order valence-electron chi connectivity index (χ1n) is 9.44. The quantitative estimate of drug-likeness (QED) is 0.612. The lowest BCUT2D eigenvalue weighted by molar-refractivity contribution is 0.0742. The molecule has 1 amide bonds. The van der Waals surface area contributed by atoms with E-state index in [9.17, 15) is 4.79 Å². The number of nitrogens with one attached hydrogen (secondary N) is 1. The molecule has 0 aliphatic carbocycles. The van der Waals surface area contributed by atoms with Gasteiger partial charge in [-0.1, -0.05) is 29.3 Å². The molecule has 1 saturated heterocycles. The Morgan fingerprint density at radius 1 is 1.07 bits per heavy atom. The number of hydrogen-bond donors (Lipinski definition) is 1. The summed E-state index contributed by atoms with van der Waals surface area (Å²) in [5, 5.41) is 6.51. The summed E-state index contributed by atoms with van der Waals surface area (Å²) in [6.07, 6.45) is 0. The van der Waals surface area contributed by atoms with E-state index < -0.39 is 0 Å². The molecule has 0 bridgehead atoms. The monoisotopic (exact) mass is 462 g/mol. The molecule has 4 rings (SSSR count). The van der Waals surface area contributed by atoms with Crippen molar-refractivity contribution in [2.75, 3.05) is 36.4 Å². The van der Waals surface area contributed by atoms with E-state index in [1.807, 2.05) is 32.0 Å². The summed E-state index contributed by atoms with van der Waals surface area (Å²) in [7, 11) is 0. The lowest BCUT2D eigenvalue weighted by Gasteiger charge is -2.36. The van der Waals surface area contributed by atoms with Crippen LogP contribution in [-0.4, -0.2) is 51.9 Å². The van der Waals surface area contributed by atoms with E-state index in [-0.39, 0.29) is 5.91 Å². The molecule has 3 aromatic rings. The Morgan fingerprint density at radius 3 is 2.47 bits per heavy atom. The average Bonchev–Trinajstić information content (AvgIpc) is 3.17. The number of aryl methyl sites for hydroxylation is 2. The van der Waals surface area contributed by atoms with Crippen molar-refractivity contribution in [2.24, 2.45) is 0 Å². The summed E-state index contributed by atoms with van der Waals surface area (Å²) in [4.78, 5) is 30.0. The number of thiazole rings is 1. The van der Waals surface area contributed by atoms with Gasteiger partial charge in [0.15, 0.2) is 5.13 Å². The molecule has 30 heavy (non-hydrogen) atoms. The van der Waals surface area contributed by atoms with Gasteiger partial charge in [-0.2, -0.15) is 0 Å². The summed E-state index contributed by atoms with van der Waals surface area (Å²) >= 11 is 13.8. The number of anilines is 3. The number of piperazine rings is 1. The molecule has 1 aliphatic heterocycles. The Labute approximate surface area is 188 Å². The summed E-state index contributed by atoms with van der Waals surface area (Å²) in [5.41, 5.74) is 3.05. The maximum atomic E-state index is 12.9. The van der Waals surface area contributed by atoms with Crippen molar-refractivity contribution in [3.63, 3.8) is 0 Å². The van der Waals surface area contributed by atoms with Crippen LogP contribution in [0.1, 0.15) is 21.9 Å². The van der Waals surface area contributed by atoms with Gasteiger partial charge in [0.2, 0.25) is 5.95 Å². The third-order valence-electron chi connectivity index (χ3n) is 4.76. The number of benzene rings is 1. The fourth-order valence-corrected chi connectivity index (χ4v) is 4.45. The van der Waals surface area contributed by atoms with E-state index >= 15 is 0 Å². The number of aromatic nitrogens is 3. The van der Waals surface area contributed by atoms with Gasteiger partial charge in [-0.25, -0.2) is 15.0 Å². The van der Waals surface area contributed by atoms with Crippen molar-refractivity contribution in [1.29, 1.82) is 0 Å². The standard InChI is InChI=1S/C20H20Cl2N6OS/c1-12-10-13(2)24-19(23-12)26-20-25-15(11-30-20)18(29)28-8-6-27(7-9-28)16-5-3-4-14(21)17(16)22/h3-5,10-11H,6-9H2,1-2H3,(H,23,24,25,26). The first-order valence-corrected chi connectivity index (χ1v) is 11.1. The van der Waals surface area contributed by atoms with E-state index in [4.69, 9.17) is 23.2 Å². The van der Waals surface area contributed by atoms with Gasteiger partial charge in [0.1, 0.15) is 5.69 Å². The molecule has 1 aromatic carbocycles. The first kappa shape index (κ1) is 20.8. The van der Waals surface area contributed by atoms with E-state index in [0.717, 1.165) is 17.1 Å². The van der Waals surface area contributed by atoms with Gasteiger partial charge in [0.25, 0.3) is 5.91 Å². The Morgan fingerprint density at radius 2 is 1.77 bits per heavy atom. The summed E-state index contributed by atoms with van der Waals surface area (Å²) in [5.74, 6) is 0.394. The second kappa shape index (κ2) is 8.75. The van der Waals surface area contributed by atoms with E-state index in [1.165, 1.54) is 11.3 Å². The zero-order valence-electron chi connectivity index (χ0n) is 16.5. The van der Waals surface area contributed by atoms with E-state index in [1.54, 1.807) is 16.3 Å². The summed E-state index contributed by atoms with van der Waals surface area (Å²) < 4.78 is 0. The van der Waals surface area contributed by atoms with Crippen LogP contribution < -0.4 is 10.2 Å². The van der Waals surface area contributed by atoms with Crippen LogP contribution in [0.4, 0.5) is 16.8 Å². The van der Waals surface area contributed by atoms with Crippen molar-refractivity contribution in [3.05, 3.63) is 56.8 Å². The highest BCUT2D eigenvalue weighted by Gasteiger charge is 2.25. The van der Waals surface area contributed by atoms with Crippen molar-refractivity contribution < 1.29 is 4.79 Å². The second-order valence-corrected chi connectivity index (χ2v) is 8.63. The molecule has 0 atom stereocenters. The minimum atomic E-state index is -0.0857. The molecule has 0 unspecified atom stereocenters. The van der Waals surface area contributed by atoms with Crippen LogP contribution >= 0.6 is 34.5 Å². The molecule has 1 aliphatic rings. The van der Waals surface area contributed by atoms with Crippen molar-refractivity contribution in [2.45, 2.75) is 13.8 Å². The predicted molar refractivity (Wildman–Crippen MR) is 121 cm³/mol. The number of nitrogens with zero attached hydrogens (tertiary/aromatic N) is 5. The van der Waals surface area contributed by atoms with Crippen LogP contribution in [0, 0.1) is 13.8 Å². The van der Waals surface area contributed by atoms with Crippen molar-refractivity contribution in [3.8, 4) is 0 Å². The second-order valence-electron chi connectivity index (χ2n) is 6.99. The normalized spacial score (nSPS) is 14.1. The Kier molecular flexibility index (Phi) is 6.08. The molecular weight excluding hydrogens is 443 g/mol. The molecule has 0 saturated carbocycles. The number of carbonyl (C=O) groups is 1. The van der Waals surface area contributed by atoms with Crippen molar-refractivity contribution in [1.82, 2.24) is 19.9 Å². The van der Waals surface area contributed by atoms with Crippen LogP contribution in [-0.2, 0) is 0 Å². The van der Waals surface area contributed by atoms with Crippen LogP contribution in [0.25, 0.3) is 0 Å². The summed E-state index contributed by atoms with van der Waals surface area (Å²) in [6.45, 7) is 6.35. The highest BCUT2D eigenvalue weighted by molar-refractivity contribution is 7.14. The van der Waals surface area contributed by atoms with Gasteiger partial charge in [-0.05, 0) is 32.0 Å². The minimum Gasteiger partial charge on any atom is -0.367 e. The maximum Gasteiger partial charge on any atom is 0.273 e. The predicted octanol–water partition coefficient (Wildman–Crippen LogP) is 4.56. The van der Waals surface area contributed by atoms with Gasteiger partial charge < -0.3 is 15.1 Å². The molecular formula is C20H20Cl2N6OS. The van der Waals surface area contributed by atoms with Gasteiger partial charge in [-0.3, -0.25) is 4.79 Å². The molecule has 0 spiro atoms. The largest absolute Gasteiger partial charge is 0.367 e. The third kappa shape index (κ3) is 4.50. The third-order valence-corrected chi connectivity index (χ3v) is 6.33. The fourth-order valence-electron chi connectivity index (χ4n) is 3.36. The average molecular weight is 463 g/mol. The van der Waals surface area contributed by atoms with Crippen LogP contribution in [0.15, 0.2) is 29.6 Å². The summed E-state index contributed by atoms with van der Waals surface area (Å²) in [6, 6.07) is 7.49. The Hall–Kier alpha value is -2.42. The number of rotatable bonds is 4. The minimum absolute atomic E-state index is 0.0857. The molecule has 156 valence electrons. The van der Waals surface area contributed by atoms with Gasteiger partial charge in [-0.15, -0.1) is 11.3 Å². The van der Waals surface area contributed by atoms with E-state index in [2.05, 4.69) is 25.2 Å². The SMILES string of the molecule is Cc1cc(C)nc(Nc2nc(C(=O)N3CCN(c4cccc(Cl)c4Cl)CC3)cs2)n1. The highest BCUT2D eigenvalue weighted by atomic mass is 35.5.